The van der Waals surface area contributed by atoms with Crippen molar-refractivity contribution in [3.8, 4) is 17.2 Å². The monoisotopic (exact) mass is 585 g/mol. The number of pyridine rings is 1. The lowest BCUT2D eigenvalue weighted by atomic mass is 9.63. The quantitative estimate of drug-likeness (QED) is 0.272. The number of ether oxygens (including phenoxy) is 3. The Morgan fingerprint density at radius 1 is 1.07 bits per heavy atom. The molecule has 1 amide bonds. The number of carboxylic acid groups (broad SMARTS) is 1. The largest absolute Gasteiger partial charge is 0.481 e. The molecule has 1 aromatic heterocycles. The number of fused-ring (bicyclic) bond motifs is 2. The Morgan fingerprint density at radius 2 is 1.98 bits per heavy atom. The minimum atomic E-state index is -0.794. The van der Waals surface area contributed by atoms with Gasteiger partial charge in [0.15, 0.2) is 18.2 Å². The highest BCUT2D eigenvalue weighted by atomic mass is 16.7. The molecule has 6 rings (SSSR count). The van der Waals surface area contributed by atoms with E-state index in [-0.39, 0.29) is 30.5 Å². The van der Waals surface area contributed by atoms with Crippen LogP contribution in [0.5, 0.6) is 17.2 Å². The van der Waals surface area contributed by atoms with E-state index in [4.69, 9.17) is 14.2 Å². The summed E-state index contributed by atoms with van der Waals surface area (Å²) >= 11 is 0. The standard InChI is InChI=1S/C34H39N3O6/c1-2-3-14-37(26-7-5-13-35-19-26)31(38)17-22-15-25(10-9-23-6-4-8-29-33(23)43-21-42-29)32(34(39)40)27(16-22)24-11-12-28-30(18-24)41-20-36-28/h4-8,11-13,18-19,22,25,27,32,36H,2-3,9-10,14-17,20-21H2,1H3,(H,39,40)/t22?,25-,27-,32+/m1/s1. The molecule has 3 aliphatic rings. The molecule has 0 saturated heterocycles. The third kappa shape index (κ3) is 6.26. The summed E-state index contributed by atoms with van der Waals surface area (Å²) in [5.41, 5.74) is 3.69. The van der Waals surface area contributed by atoms with Gasteiger partial charge in [-0.05, 0) is 91.3 Å². The van der Waals surface area contributed by atoms with Crippen LogP contribution in [0, 0.1) is 17.8 Å². The number of anilines is 2. The smallest absolute Gasteiger partial charge is 0.307 e. The fraction of sp³-hybridized carbons (Fsp3) is 0.441. The number of carbonyl (C=O) groups excluding carboxylic acids is 1. The maximum atomic E-state index is 13.9. The average Bonchev–Trinajstić information content (AvgIpc) is 3.70. The Morgan fingerprint density at radius 3 is 2.79 bits per heavy atom. The Labute approximate surface area is 252 Å². The van der Waals surface area contributed by atoms with Gasteiger partial charge in [0.05, 0.1) is 23.5 Å². The predicted octanol–water partition coefficient (Wildman–Crippen LogP) is 6.24. The lowest BCUT2D eigenvalue weighted by Crippen LogP contribution is -2.39. The molecule has 0 spiro atoms. The molecule has 3 aromatic rings. The topological polar surface area (TPSA) is 110 Å². The van der Waals surface area contributed by atoms with Gasteiger partial charge in [-0.2, -0.15) is 0 Å². The molecule has 43 heavy (non-hydrogen) atoms. The van der Waals surface area contributed by atoms with Crippen LogP contribution in [0.25, 0.3) is 0 Å². The fourth-order valence-corrected chi connectivity index (χ4v) is 7.03. The van der Waals surface area contributed by atoms with Crippen molar-refractivity contribution in [3.63, 3.8) is 0 Å². The number of aliphatic carboxylic acids is 1. The number of aryl methyl sites for hydroxylation is 1. The number of benzene rings is 2. The van der Waals surface area contributed by atoms with Gasteiger partial charge in [-0.1, -0.05) is 31.5 Å². The first-order valence-corrected chi connectivity index (χ1v) is 15.3. The third-order valence-electron chi connectivity index (χ3n) is 9.09. The molecule has 9 heteroatoms. The summed E-state index contributed by atoms with van der Waals surface area (Å²) in [7, 11) is 0. The van der Waals surface area contributed by atoms with Crippen molar-refractivity contribution in [2.45, 2.75) is 57.8 Å². The molecule has 1 aliphatic carbocycles. The van der Waals surface area contributed by atoms with Gasteiger partial charge in [0.1, 0.15) is 5.75 Å². The van der Waals surface area contributed by atoms with Crippen molar-refractivity contribution >= 4 is 23.3 Å². The Kier molecular flexibility index (Phi) is 8.67. The number of nitrogens with one attached hydrogen (secondary N) is 1. The second-order valence-electron chi connectivity index (χ2n) is 11.8. The van der Waals surface area contributed by atoms with Gasteiger partial charge in [-0.15, -0.1) is 0 Å². The summed E-state index contributed by atoms with van der Waals surface area (Å²) in [6, 6.07) is 15.6. The first-order valence-electron chi connectivity index (χ1n) is 15.3. The van der Waals surface area contributed by atoms with Crippen molar-refractivity contribution in [2.24, 2.45) is 17.8 Å². The van der Waals surface area contributed by atoms with Crippen molar-refractivity contribution in [1.82, 2.24) is 4.98 Å². The van der Waals surface area contributed by atoms with Gasteiger partial charge in [0.2, 0.25) is 12.7 Å². The Hall–Kier alpha value is -4.27. The molecule has 2 aromatic carbocycles. The molecule has 0 bridgehead atoms. The van der Waals surface area contributed by atoms with Crippen molar-refractivity contribution in [2.75, 3.05) is 30.3 Å². The van der Waals surface area contributed by atoms with Crippen molar-refractivity contribution in [1.29, 1.82) is 0 Å². The van der Waals surface area contributed by atoms with Crippen LogP contribution in [-0.4, -0.2) is 42.0 Å². The normalized spacial score (nSPS) is 21.9. The van der Waals surface area contributed by atoms with E-state index in [0.717, 1.165) is 52.6 Å². The lowest BCUT2D eigenvalue weighted by Gasteiger charge is -2.41. The number of nitrogens with zero attached hydrogens (tertiary/aromatic N) is 2. The van der Waals surface area contributed by atoms with Gasteiger partial charge in [-0.3, -0.25) is 14.6 Å². The fourth-order valence-electron chi connectivity index (χ4n) is 7.03. The zero-order chi connectivity index (χ0) is 29.8. The summed E-state index contributed by atoms with van der Waals surface area (Å²) in [6.07, 6.45) is 8.32. The van der Waals surface area contributed by atoms with Gasteiger partial charge in [-0.25, -0.2) is 0 Å². The molecular weight excluding hydrogens is 546 g/mol. The molecule has 1 fully saturated rings. The Bertz CT molecular complexity index is 1450. The number of carbonyl (C=O) groups is 2. The zero-order valence-electron chi connectivity index (χ0n) is 24.5. The van der Waals surface area contributed by atoms with E-state index in [1.807, 2.05) is 53.4 Å². The van der Waals surface area contributed by atoms with Crippen molar-refractivity contribution in [3.05, 3.63) is 72.1 Å². The number of unbranched alkanes of at least 4 members (excludes halogenated alkanes) is 1. The van der Waals surface area contributed by atoms with E-state index in [2.05, 4.69) is 17.2 Å². The molecular formula is C34H39N3O6. The maximum absolute atomic E-state index is 13.9. The molecule has 0 radical (unpaired) electrons. The number of hydrogen-bond donors (Lipinski definition) is 2. The molecule has 4 atom stereocenters. The number of aromatic nitrogens is 1. The highest BCUT2D eigenvalue weighted by molar-refractivity contribution is 5.93. The molecule has 1 saturated carbocycles. The summed E-state index contributed by atoms with van der Waals surface area (Å²) in [4.78, 5) is 32.9. The van der Waals surface area contributed by atoms with Gasteiger partial charge in [0.25, 0.3) is 0 Å². The van der Waals surface area contributed by atoms with E-state index >= 15 is 0 Å². The first-order chi connectivity index (χ1) is 21.0. The van der Waals surface area contributed by atoms with Crippen LogP contribution in [0.3, 0.4) is 0 Å². The summed E-state index contributed by atoms with van der Waals surface area (Å²) < 4.78 is 17.1. The predicted molar refractivity (Wildman–Crippen MR) is 163 cm³/mol. The maximum Gasteiger partial charge on any atom is 0.307 e. The van der Waals surface area contributed by atoms with Crippen LogP contribution in [0.2, 0.25) is 0 Å². The van der Waals surface area contributed by atoms with Crippen LogP contribution in [0.15, 0.2) is 60.9 Å². The minimum Gasteiger partial charge on any atom is -0.481 e. The lowest BCUT2D eigenvalue weighted by molar-refractivity contribution is -0.146. The highest BCUT2D eigenvalue weighted by Gasteiger charge is 2.43. The summed E-state index contributed by atoms with van der Waals surface area (Å²) in [5.74, 6) is 0.577. The molecule has 226 valence electrons. The minimum absolute atomic E-state index is 0.0345. The van der Waals surface area contributed by atoms with Crippen LogP contribution in [0.4, 0.5) is 11.4 Å². The number of hydrogen-bond acceptors (Lipinski definition) is 7. The number of rotatable bonds is 11. The number of amides is 1. The highest BCUT2D eigenvalue weighted by Crippen LogP contribution is 2.49. The second kappa shape index (κ2) is 12.9. The summed E-state index contributed by atoms with van der Waals surface area (Å²) in [5, 5.41) is 13.8. The molecule has 2 aliphatic heterocycles. The van der Waals surface area contributed by atoms with Gasteiger partial charge < -0.3 is 29.5 Å². The van der Waals surface area contributed by atoms with Crippen LogP contribution in [-0.2, 0) is 16.0 Å². The average molecular weight is 586 g/mol. The van der Waals surface area contributed by atoms with Crippen molar-refractivity contribution < 1.29 is 28.9 Å². The van der Waals surface area contributed by atoms with E-state index in [1.54, 1.807) is 12.4 Å². The molecule has 3 heterocycles. The Balaban J connectivity index is 1.28. The third-order valence-corrected chi connectivity index (χ3v) is 9.09. The number of carboxylic acids is 1. The van der Waals surface area contributed by atoms with E-state index < -0.39 is 11.9 Å². The summed E-state index contributed by atoms with van der Waals surface area (Å²) in [6.45, 7) is 3.35. The van der Waals surface area contributed by atoms with Gasteiger partial charge in [0, 0.05) is 19.2 Å². The van der Waals surface area contributed by atoms with Crippen LogP contribution >= 0.6 is 0 Å². The SMILES string of the molecule is CCCCN(C(=O)CC1C[C@@H](CCc2cccc3c2OCO3)[C@H](C(=O)O)[C@@H](c2ccc3c(c2)OCN3)C1)c1cccnc1. The number of para-hydroxylation sites is 1. The molecule has 1 unspecified atom stereocenters. The van der Waals surface area contributed by atoms with E-state index in [9.17, 15) is 14.7 Å². The van der Waals surface area contributed by atoms with Crippen LogP contribution < -0.4 is 24.4 Å². The molecule has 2 N–H and O–H groups in total. The van der Waals surface area contributed by atoms with Gasteiger partial charge >= 0.3 is 5.97 Å². The van der Waals surface area contributed by atoms with E-state index in [1.165, 1.54) is 0 Å². The second-order valence-corrected chi connectivity index (χ2v) is 11.8. The first kappa shape index (κ1) is 28.8. The zero-order valence-corrected chi connectivity index (χ0v) is 24.5. The van der Waals surface area contributed by atoms with E-state index in [0.29, 0.717) is 45.4 Å². The van der Waals surface area contributed by atoms with Crippen LogP contribution in [0.1, 0.15) is 62.5 Å². The molecule has 9 nitrogen and oxygen atoms in total.